The van der Waals surface area contributed by atoms with E-state index in [1.807, 2.05) is 24.3 Å². The zero-order valence-corrected chi connectivity index (χ0v) is 13.2. The second-order valence-corrected chi connectivity index (χ2v) is 6.07. The molecule has 6 heteroatoms. The summed E-state index contributed by atoms with van der Waals surface area (Å²) in [6.07, 6.45) is 9.15. The lowest BCUT2D eigenvalue weighted by Crippen LogP contribution is -2.20. The van der Waals surface area contributed by atoms with Crippen LogP contribution in [-0.2, 0) is 0 Å². The molecule has 2 N–H and O–H groups in total. The molecule has 1 aliphatic carbocycles. The zero-order valence-electron chi connectivity index (χ0n) is 12.4. The average molecular weight is 318 g/mol. The van der Waals surface area contributed by atoms with Gasteiger partial charge in [-0.15, -0.1) is 5.10 Å². The first-order valence-corrected chi connectivity index (χ1v) is 8.16. The summed E-state index contributed by atoms with van der Waals surface area (Å²) in [6.45, 7) is 0. The van der Waals surface area contributed by atoms with Gasteiger partial charge < -0.3 is 10.6 Å². The highest BCUT2D eigenvalue weighted by Gasteiger charge is 2.13. The van der Waals surface area contributed by atoms with Gasteiger partial charge in [-0.3, -0.25) is 0 Å². The minimum atomic E-state index is 0.450. The minimum Gasteiger partial charge on any atom is -0.350 e. The number of hydrogen-bond donors (Lipinski definition) is 2. The molecular weight excluding hydrogens is 298 g/mol. The van der Waals surface area contributed by atoms with Crippen molar-refractivity contribution in [3.05, 3.63) is 35.5 Å². The predicted molar refractivity (Wildman–Crippen MR) is 89.7 cm³/mol. The molecule has 1 saturated carbocycles. The Bertz CT molecular complexity index is 611. The van der Waals surface area contributed by atoms with E-state index in [2.05, 4.69) is 25.8 Å². The van der Waals surface area contributed by atoms with Crippen LogP contribution in [0.3, 0.4) is 0 Å². The average Bonchev–Trinajstić information content (AvgIpc) is 2.76. The highest BCUT2D eigenvalue weighted by atomic mass is 35.5. The summed E-state index contributed by atoms with van der Waals surface area (Å²) >= 11 is 5.99. The largest absolute Gasteiger partial charge is 0.350 e. The van der Waals surface area contributed by atoms with E-state index in [4.69, 9.17) is 11.6 Å². The zero-order chi connectivity index (χ0) is 15.2. The Morgan fingerprint density at radius 3 is 2.68 bits per heavy atom. The topological polar surface area (TPSA) is 62.7 Å². The maximum absolute atomic E-state index is 5.99. The van der Waals surface area contributed by atoms with Gasteiger partial charge in [0.2, 0.25) is 5.95 Å². The summed E-state index contributed by atoms with van der Waals surface area (Å²) in [6, 6.07) is 7.97. The van der Waals surface area contributed by atoms with E-state index in [-0.39, 0.29) is 0 Å². The van der Waals surface area contributed by atoms with Gasteiger partial charge in [0.1, 0.15) is 0 Å². The molecule has 3 rings (SSSR count). The molecule has 0 aliphatic heterocycles. The fourth-order valence-electron chi connectivity index (χ4n) is 2.75. The first-order chi connectivity index (χ1) is 10.8. The van der Waals surface area contributed by atoms with Crippen molar-refractivity contribution in [2.45, 2.75) is 44.6 Å². The van der Waals surface area contributed by atoms with Gasteiger partial charge >= 0.3 is 0 Å². The molecule has 22 heavy (non-hydrogen) atoms. The van der Waals surface area contributed by atoms with Gasteiger partial charge in [-0.25, -0.2) is 0 Å². The maximum Gasteiger partial charge on any atom is 0.244 e. The van der Waals surface area contributed by atoms with Crippen LogP contribution in [0.5, 0.6) is 0 Å². The molecule has 2 aromatic rings. The summed E-state index contributed by atoms with van der Waals surface area (Å²) in [5.74, 6) is 1.24. The summed E-state index contributed by atoms with van der Waals surface area (Å²) in [5, 5.41) is 15.4. The summed E-state index contributed by atoms with van der Waals surface area (Å²) in [4.78, 5) is 4.48. The van der Waals surface area contributed by atoms with Crippen LogP contribution >= 0.6 is 11.6 Å². The van der Waals surface area contributed by atoms with Gasteiger partial charge in [-0.05, 0) is 31.0 Å². The summed E-state index contributed by atoms with van der Waals surface area (Å²) < 4.78 is 0. The smallest absolute Gasteiger partial charge is 0.244 e. The third-order valence-electron chi connectivity index (χ3n) is 3.84. The Morgan fingerprint density at radius 2 is 1.91 bits per heavy atom. The van der Waals surface area contributed by atoms with Gasteiger partial charge in [0.15, 0.2) is 5.82 Å². The van der Waals surface area contributed by atoms with Crippen molar-refractivity contribution in [1.82, 2.24) is 15.2 Å². The number of benzene rings is 1. The second-order valence-electron chi connectivity index (χ2n) is 5.63. The van der Waals surface area contributed by atoms with E-state index in [9.17, 15) is 0 Å². The second kappa shape index (κ2) is 7.40. The van der Waals surface area contributed by atoms with Crippen molar-refractivity contribution in [3.8, 4) is 0 Å². The lowest BCUT2D eigenvalue weighted by atomic mass is 10.1. The molecule has 1 heterocycles. The summed E-state index contributed by atoms with van der Waals surface area (Å²) in [7, 11) is 0. The molecule has 0 unspecified atom stereocenters. The number of rotatable bonds is 4. The fourth-order valence-corrected chi connectivity index (χ4v) is 2.94. The quantitative estimate of drug-likeness (QED) is 0.818. The van der Waals surface area contributed by atoms with Gasteiger partial charge in [-0.2, -0.15) is 10.1 Å². The first kappa shape index (κ1) is 15.0. The Labute approximate surface area is 135 Å². The molecule has 1 aliphatic rings. The van der Waals surface area contributed by atoms with Crippen molar-refractivity contribution in [3.63, 3.8) is 0 Å². The van der Waals surface area contributed by atoms with E-state index in [1.165, 1.54) is 38.5 Å². The lowest BCUT2D eigenvalue weighted by molar-refractivity contribution is 0.613. The monoisotopic (exact) mass is 317 g/mol. The number of nitrogens with zero attached hydrogens (tertiary/aromatic N) is 3. The van der Waals surface area contributed by atoms with E-state index < -0.39 is 0 Å². The standard InChI is InChI=1S/C16H20ClN5/c17-12-6-5-9-14(10-12)19-15-11-18-22-16(21-15)20-13-7-3-1-2-4-8-13/h5-6,9-11,13H,1-4,7-8H2,(H2,19,20,21,22). The number of aromatic nitrogens is 3. The highest BCUT2D eigenvalue weighted by molar-refractivity contribution is 6.30. The number of anilines is 3. The van der Waals surface area contributed by atoms with Crippen LogP contribution in [0.2, 0.25) is 5.02 Å². The van der Waals surface area contributed by atoms with Crippen LogP contribution in [0.25, 0.3) is 0 Å². The number of nitrogens with one attached hydrogen (secondary N) is 2. The van der Waals surface area contributed by atoms with Crippen LogP contribution in [0.1, 0.15) is 38.5 Å². The molecule has 116 valence electrons. The van der Waals surface area contributed by atoms with E-state index in [1.54, 1.807) is 6.20 Å². The summed E-state index contributed by atoms with van der Waals surface area (Å²) in [5.41, 5.74) is 0.883. The fraction of sp³-hybridized carbons (Fsp3) is 0.438. The Hall–Kier alpha value is -1.88. The molecule has 1 aromatic carbocycles. The first-order valence-electron chi connectivity index (χ1n) is 7.78. The Balaban J connectivity index is 1.66. The maximum atomic E-state index is 5.99. The van der Waals surface area contributed by atoms with Gasteiger partial charge in [0, 0.05) is 16.8 Å². The molecule has 0 radical (unpaired) electrons. The number of halogens is 1. The van der Waals surface area contributed by atoms with E-state index in [0.717, 1.165) is 5.69 Å². The molecular formula is C16H20ClN5. The van der Waals surface area contributed by atoms with Crippen molar-refractivity contribution >= 4 is 29.1 Å². The molecule has 0 atom stereocenters. The Kier molecular flexibility index (Phi) is 5.06. The molecule has 0 spiro atoms. The SMILES string of the molecule is Clc1cccc(Nc2cnnc(NC3CCCCCC3)n2)c1. The molecule has 0 amide bonds. The highest BCUT2D eigenvalue weighted by Crippen LogP contribution is 2.21. The molecule has 0 saturated heterocycles. The third-order valence-corrected chi connectivity index (χ3v) is 4.08. The van der Waals surface area contributed by atoms with Gasteiger partial charge in [-0.1, -0.05) is 43.4 Å². The normalized spacial score (nSPS) is 16.0. The number of hydrogen-bond acceptors (Lipinski definition) is 5. The van der Waals surface area contributed by atoms with Crippen molar-refractivity contribution in [2.24, 2.45) is 0 Å². The molecule has 5 nitrogen and oxygen atoms in total. The van der Waals surface area contributed by atoms with Crippen LogP contribution in [0, 0.1) is 0 Å². The van der Waals surface area contributed by atoms with Crippen molar-refractivity contribution in [2.75, 3.05) is 10.6 Å². The van der Waals surface area contributed by atoms with Crippen LogP contribution in [0.4, 0.5) is 17.5 Å². The third kappa shape index (κ3) is 4.31. The molecule has 1 fully saturated rings. The minimum absolute atomic E-state index is 0.450. The van der Waals surface area contributed by atoms with Crippen LogP contribution in [-0.4, -0.2) is 21.2 Å². The van der Waals surface area contributed by atoms with Gasteiger partial charge in [0.05, 0.1) is 6.20 Å². The van der Waals surface area contributed by atoms with Crippen LogP contribution < -0.4 is 10.6 Å². The van der Waals surface area contributed by atoms with E-state index >= 15 is 0 Å². The van der Waals surface area contributed by atoms with Crippen LogP contribution in [0.15, 0.2) is 30.5 Å². The van der Waals surface area contributed by atoms with Crippen molar-refractivity contribution in [1.29, 1.82) is 0 Å². The molecule has 0 bridgehead atoms. The Morgan fingerprint density at radius 1 is 1.09 bits per heavy atom. The molecule has 1 aromatic heterocycles. The van der Waals surface area contributed by atoms with E-state index in [0.29, 0.717) is 22.8 Å². The van der Waals surface area contributed by atoms with Gasteiger partial charge in [0.25, 0.3) is 0 Å². The lowest BCUT2D eigenvalue weighted by Gasteiger charge is -2.16. The predicted octanol–water partition coefficient (Wildman–Crippen LogP) is 4.40. The van der Waals surface area contributed by atoms with Crippen molar-refractivity contribution < 1.29 is 0 Å².